The Morgan fingerprint density at radius 2 is 1.65 bits per heavy atom. The minimum atomic E-state index is 0.338. The van der Waals surface area contributed by atoms with Gasteiger partial charge in [0.25, 0.3) is 0 Å². The first-order valence-electron chi connectivity index (χ1n) is 7.85. The van der Waals surface area contributed by atoms with Crippen molar-refractivity contribution in [2.75, 3.05) is 17.7 Å². The molecule has 1 aromatic heterocycles. The summed E-state index contributed by atoms with van der Waals surface area (Å²) in [5.74, 6) is 3.95. The van der Waals surface area contributed by atoms with Crippen LogP contribution in [0.2, 0.25) is 0 Å². The van der Waals surface area contributed by atoms with E-state index in [-0.39, 0.29) is 0 Å². The normalized spacial score (nSPS) is 17.5. The van der Waals surface area contributed by atoms with E-state index in [4.69, 9.17) is 4.98 Å². The summed E-state index contributed by atoms with van der Waals surface area (Å²) in [7, 11) is 1.92. The van der Waals surface area contributed by atoms with Crippen LogP contribution in [0, 0.1) is 12.8 Å². The molecule has 0 bridgehead atoms. The van der Waals surface area contributed by atoms with Gasteiger partial charge in [-0.25, -0.2) is 9.97 Å². The first-order chi connectivity index (χ1) is 9.52. The number of nitrogens with zero attached hydrogens (tertiary/aromatic N) is 2. The van der Waals surface area contributed by atoms with E-state index in [9.17, 15) is 0 Å². The van der Waals surface area contributed by atoms with E-state index in [1.165, 1.54) is 25.7 Å². The van der Waals surface area contributed by atoms with Crippen LogP contribution >= 0.6 is 0 Å². The summed E-state index contributed by atoms with van der Waals surface area (Å²) in [4.78, 5) is 9.32. The molecule has 0 saturated heterocycles. The number of rotatable bonds is 5. The number of anilines is 2. The maximum absolute atomic E-state index is 4.73. The number of aromatic nitrogens is 2. The van der Waals surface area contributed by atoms with E-state index in [2.05, 4.69) is 43.3 Å². The Bertz CT molecular complexity index is 450. The van der Waals surface area contributed by atoms with Crippen molar-refractivity contribution in [3.05, 3.63) is 11.4 Å². The van der Waals surface area contributed by atoms with Crippen LogP contribution in [0.1, 0.15) is 63.8 Å². The lowest BCUT2D eigenvalue weighted by Gasteiger charge is -2.23. The molecule has 1 aliphatic rings. The van der Waals surface area contributed by atoms with Gasteiger partial charge >= 0.3 is 0 Å². The van der Waals surface area contributed by atoms with Crippen molar-refractivity contribution in [3.8, 4) is 0 Å². The van der Waals surface area contributed by atoms with Crippen LogP contribution in [0.5, 0.6) is 0 Å². The maximum Gasteiger partial charge on any atom is 0.135 e. The van der Waals surface area contributed by atoms with Gasteiger partial charge in [0.05, 0.1) is 0 Å². The molecule has 0 aliphatic heterocycles. The summed E-state index contributed by atoms with van der Waals surface area (Å²) in [6, 6.07) is 0.482. The highest BCUT2D eigenvalue weighted by Gasteiger charge is 2.23. The monoisotopic (exact) mass is 276 g/mol. The van der Waals surface area contributed by atoms with Crippen molar-refractivity contribution in [1.29, 1.82) is 0 Å². The fourth-order valence-electron chi connectivity index (χ4n) is 2.97. The van der Waals surface area contributed by atoms with Gasteiger partial charge in [-0.3, -0.25) is 0 Å². The molecule has 1 heterocycles. The van der Waals surface area contributed by atoms with Crippen molar-refractivity contribution in [1.82, 2.24) is 9.97 Å². The SMILES string of the molecule is CNc1nc(C(C)C)nc(NC(C)C2CCCC2)c1C. The lowest BCUT2D eigenvalue weighted by Crippen LogP contribution is -2.25. The second-order valence-electron chi connectivity index (χ2n) is 6.29. The zero-order chi connectivity index (χ0) is 14.7. The molecular formula is C16H28N4. The predicted octanol–water partition coefficient (Wildman–Crippen LogP) is 3.94. The van der Waals surface area contributed by atoms with Gasteiger partial charge in [0.15, 0.2) is 0 Å². The average molecular weight is 276 g/mol. The molecule has 1 unspecified atom stereocenters. The molecule has 112 valence electrons. The summed E-state index contributed by atoms with van der Waals surface area (Å²) in [5.41, 5.74) is 1.11. The van der Waals surface area contributed by atoms with Crippen LogP contribution in [0.3, 0.4) is 0 Å². The smallest absolute Gasteiger partial charge is 0.135 e. The van der Waals surface area contributed by atoms with Gasteiger partial charge < -0.3 is 10.6 Å². The zero-order valence-corrected chi connectivity index (χ0v) is 13.5. The molecule has 1 saturated carbocycles. The Morgan fingerprint density at radius 1 is 1.05 bits per heavy atom. The van der Waals surface area contributed by atoms with Crippen LogP contribution in [-0.2, 0) is 0 Å². The lowest BCUT2D eigenvalue weighted by molar-refractivity contribution is 0.480. The van der Waals surface area contributed by atoms with E-state index in [1.807, 2.05) is 7.05 Å². The molecule has 1 aliphatic carbocycles. The van der Waals surface area contributed by atoms with Crippen LogP contribution in [0.25, 0.3) is 0 Å². The Balaban J connectivity index is 2.22. The van der Waals surface area contributed by atoms with Crippen molar-refractivity contribution >= 4 is 11.6 Å². The van der Waals surface area contributed by atoms with Crippen LogP contribution in [0.4, 0.5) is 11.6 Å². The van der Waals surface area contributed by atoms with E-state index in [0.29, 0.717) is 12.0 Å². The van der Waals surface area contributed by atoms with Gasteiger partial charge in [0.2, 0.25) is 0 Å². The molecule has 1 aromatic rings. The van der Waals surface area contributed by atoms with Crippen LogP contribution < -0.4 is 10.6 Å². The second-order valence-corrected chi connectivity index (χ2v) is 6.29. The Kier molecular flexibility index (Phi) is 4.84. The standard InChI is InChI=1S/C16H28N4/c1-10(2)14-19-15(17-5)11(3)16(20-14)18-12(4)13-8-6-7-9-13/h10,12-13H,6-9H2,1-5H3,(H2,17,18,19,20). The summed E-state index contributed by atoms with van der Waals surface area (Å²) in [6.07, 6.45) is 5.43. The molecule has 0 spiro atoms. The minimum absolute atomic E-state index is 0.338. The third-order valence-corrected chi connectivity index (χ3v) is 4.39. The van der Waals surface area contributed by atoms with Crippen LogP contribution in [-0.4, -0.2) is 23.1 Å². The first-order valence-corrected chi connectivity index (χ1v) is 7.85. The van der Waals surface area contributed by atoms with E-state index >= 15 is 0 Å². The number of nitrogens with one attached hydrogen (secondary N) is 2. The minimum Gasteiger partial charge on any atom is -0.373 e. The Labute approximate surface area is 122 Å². The fourth-order valence-corrected chi connectivity index (χ4v) is 2.97. The number of hydrogen-bond donors (Lipinski definition) is 2. The summed E-state index contributed by atoms with van der Waals surface area (Å²) in [5, 5.41) is 6.81. The lowest BCUT2D eigenvalue weighted by atomic mass is 10.00. The molecule has 4 nitrogen and oxygen atoms in total. The number of hydrogen-bond acceptors (Lipinski definition) is 4. The molecule has 0 aromatic carbocycles. The van der Waals surface area contributed by atoms with Crippen molar-refractivity contribution in [3.63, 3.8) is 0 Å². The van der Waals surface area contributed by atoms with E-state index < -0.39 is 0 Å². The molecule has 1 fully saturated rings. The highest BCUT2D eigenvalue weighted by molar-refractivity contribution is 5.57. The molecule has 2 N–H and O–H groups in total. The summed E-state index contributed by atoms with van der Waals surface area (Å²) < 4.78 is 0. The molecule has 0 radical (unpaired) electrons. The van der Waals surface area contributed by atoms with E-state index in [1.54, 1.807) is 0 Å². The first kappa shape index (κ1) is 15.1. The molecule has 0 amide bonds. The van der Waals surface area contributed by atoms with Gasteiger partial charge in [-0.2, -0.15) is 0 Å². The van der Waals surface area contributed by atoms with Gasteiger partial charge in [-0.1, -0.05) is 26.7 Å². The second kappa shape index (κ2) is 6.42. The highest BCUT2D eigenvalue weighted by Crippen LogP contribution is 2.30. The maximum atomic E-state index is 4.73. The Hall–Kier alpha value is -1.32. The van der Waals surface area contributed by atoms with Crippen LogP contribution in [0.15, 0.2) is 0 Å². The topological polar surface area (TPSA) is 49.8 Å². The molecular weight excluding hydrogens is 248 g/mol. The van der Waals surface area contributed by atoms with Crippen molar-refractivity contribution in [2.24, 2.45) is 5.92 Å². The quantitative estimate of drug-likeness (QED) is 0.855. The van der Waals surface area contributed by atoms with Gasteiger partial charge in [-0.15, -0.1) is 0 Å². The zero-order valence-electron chi connectivity index (χ0n) is 13.5. The predicted molar refractivity (Wildman–Crippen MR) is 85.4 cm³/mol. The Morgan fingerprint density at radius 3 is 2.20 bits per heavy atom. The average Bonchev–Trinajstić information content (AvgIpc) is 2.94. The molecule has 1 atom stereocenters. The third kappa shape index (κ3) is 3.22. The fraction of sp³-hybridized carbons (Fsp3) is 0.750. The van der Waals surface area contributed by atoms with Gasteiger partial charge in [0, 0.05) is 24.6 Å². The molecule has 4 heteroatoms. The summed E-state index contributed by atoms with van der Waals surface area (Å²) >= 11 is 0. The van der Waals surface area contributed by atoms with Gasteiger partial charge in [-0.05, 0) is 32.6 Å². The molecule has 2 rings (SSSR count). The van der Waals surface area contributed by atoms with Gasteiger partial charge in [0.1, 0.15) is 17.5 Å². The third-order valence-electron chi connectivity index (χ3n) is 4.39. The van der Waals surface area contributed by atoms with Crippen molar-refractivity contribution in [2.45, 2.75) is 65.3 Å². The van der Waals surface area contributed by atoms with Crippen molar-refractivity contribution < 1.29 is 0 Å². The van der Waals surface area contributed by atoms with E-state index in [0.717, 1.165) is 28.9 Å². The summed E-state index contributed by atoms with van der Waals surface area (Å²) in [6.45, 7) is 8.63. The largest absolute Gasteiger partial charge is 0.373 e. The highest BCUT2D eigenvalue weighted by atomic mass is 15.1. The molecule has 20 heavy (non-hydrogen) atoms.